The number of aliphatic carboxylic acids is 1. The molecular weight excluding hydrogens is 270 g/mol. The summed E-state index contributed by atoms with van der Waals surface area (Å²) in [6.45, 7) is 1.57. The second-order valence-electron chi connectivity index (χ2n) is 4.63. The van der Waals surface area contributed by atoms with Crippen LogP contribution in [0.2, 0.25) is 0 Å². The Labute approximate surface area is 111 Å². The molecule has 1 heterocycles. The number of aryl methyl sites for hydroxylation is 1. The number of rotatable bonds is 3. The number of carboxylic acid groups (broad SMARTS) is 1. The van der Waals surface area contributed by atoms with Gasteiger partial charge in [-0.3, -0.25) is 4.79 Å². The van der Waals surface area contributed by atoms with Crippen LogP contribution in [-0.4, -0.2) is 47.6 Å². The van der Waals surface area contributed by atoms with Gasteiger partial charge in [0.1, 0.15) is 6.04 Å². The average Bonchev–Trinajstić information content (AvgIpc) is 2.72. The number of nitrogens with zero attached hydrogens (tertiary/aromatic N) is 1. The van der Waals surface area contributed by atoms with Gasteiger partial charge >= 0.3 is 5.97 Å². The highest BCUT2D eigenvalue weighted by molar-refractivity contribution is 7.89. The zero-order valence-electron chi connectivity index (χ0n) is 10.4. The molecule has 1 fully saturated rings. The van der Waals surface area contributed by atoms with E-state index in [4.69, 9.17) is 5.11 Å². The van der Waals surface area contributed by atoms with E-state index in [9.17, 15) is 18.3 Å². The number of β-amino-alcohol motifs (C(OH)–C–C–N with tert-alkyl or cyclic N) is 1. The molecule has 0 radical (unpaired) electrons. The molecule has 1 saturated heterocycles. The van der Waals surface area contributed by atoms with Crippen LogP contribution in [0.3, 0.4) is 0 Å². The Kier molecular flexibility index (Phi) is 3.62. The minimum atomic E-state index is -3.90. The van der Waals surface area contributed by atoms with Gasteiger partial charge in [-0.2, -0.15) is 4.31 Å². The van der Waals surface area contributed by atoms with Gasteiger partial charge < -0.3 is 10.2 Å². The predicted octanol–water partition coefficient (Wildman–Crippen LogP) is 0.204. The van der Waals surface area contributed by atoms with E-state index >= 15 is 0 Å². The Bertz CT molecular complexity index is 598. The summed E-state index contributed by atoms with van der Waals surface area (Å²) in [5.74, 6) is -1.24. The van der Waals surface area contributed by atoms with E-state index in [1.54, 1.807) is 19.1 Å². The summed E-state index contributed by atoms with van der Waals surface area (Å²) in [5, 5.41) is 18.6. The number of sulfonamides is 1. The molecule has 0 bridgehead atoms. The van der Waals surface area contributed by atoms with Crippen LogP contribution in [0.1, 0.15) is 12.0 Å². The summed E-state index contributed by atoms with van der Waals surface area (Å²) < 4.78 is 25.7. The molecule has 0 aromatic heterocycles. The van der Waals surface area contributed by atoms with Crippen molar-refractivity contribution in [3.05, 3.63) is 29.8 Å². The second-order valence-corrected chi connectivity index (χ2v) is 6.53. The standard InChI is InChI=1S/C12H15NO5S/c1-8-3-2-4-10(5-8)19(17,18)13-7-9(14)6-11(13)12(15)16/h2-5,9,11,14H,6-7H2,1H3,(H,15,16)/t9-,11-/m1/s1. The number of aliphatic hydroxyl groups is 1. The summed E-state index contributed by atoms with van der Waals surface area (Å²) in [7, 11) is -3.90. The second kappa shape index (κ2) is 4.92. The van der Waals surface area contributed by atoms with Crippen LogP contribution in [0.4, 0.5) is 0 Å². The number of hydrogen-bond acceptors (Lipinski definition) is 4. The molecule has 0 aliphatic carbocycles. The average molecular weight is 285 g/mol. The Morgan fingerprint density at radius 2 is 2.11 bits per heavy atom. The van der Waals surface area contributed by atoms with Crippen LogP contribution in [0.25, 0.3) is 0 Å². The first-order valence-corrected chi connectivity index (χ1v) is 7.26. The van der Waals surface area contributed by atoms with E-state index in [-0.39, 0.29) is 17.9 Å². The fraction of sp³-hybridized carbons (Fsp3) is 0.417. The number of benzene rings is 1. The van der Waals surface area contributed by atoms with Gasteiger partial charge in [0.2, 0.25) is 10.0 Å². The molecule has 0 spiro atoms. The van der Waals surface area contributed by atoms with Gasteiger partial charge in [-0.15, -0.1) is 0 Å². The van der Waals surface area contributed by atoms with Crippen molar-refractivity contribution in [2.75, 3.05) is 6.54 Å². The molecule has 0 unspecified atom stereocenters. The zero-order valence-corrected chi connectivity index (χ0v) is 11.2. The van der Waals surface area contributed by atoms with Crippen molar-refractivity contribution in [2.24, 2.45) is 0 Å². The van der Waals surface area contributed by atoms with Crippen LogP contribution >= 0.6 is 0 Å². The monoisotopic (exact) mass is 285 g/mol. The topological polar surface area (TPSA) is 94.9 Å². The molecule has 6 nitrogen and oxygen atoms in total. The molecule has 19 heavy (non-hydrogen) atoms. The zero-order chi connectivity index (χ0) is 14.2. The van der Waals surface area contributed by atoms with E-state index in [0.29, 0.717) is 0 Å². The van der Waals surface area contributed by atoms with Crippen molar-refractivity contribution in [3.63, 3.8) is 0 Å². The molecule has 2 atom stereocenters. The van der Waals surface area contributed by atoms with Gasteiger partial charge in [-0.25, -0.2) is 8.42 Å². The fourth-order valence-corrected chi connectivity index (χ4v) is 3.92. The van der Waals surface area contributed by atoms with Crippen LogP contribution < -0.4 is 0 Å². The first-order chi connectivity index (χ1) is 8.82. The lowest BCUT2D eigenvalue weighted by atomic mass is 10.2. The molecule has 0 saturated carbocycles. The van der Waals surface area contributed by atoms with Gasteiger partial charge in [0.25, 0.3) is 0 Å². The quantitative estimate of drug-likeness (QED) is 0.827. The van der Waals surface area contributed by atoms with Crippen molar-refractivity contribution in [3.8, 4) is 0 Å². The summed E-state index contributed by atoms with van der Waals surface area (Å²) in [6.07, 6.45) is -1.03. The third-order valence-corrected chi connectivity index (χ3v) is 4.99. The Morgan fingerprint density at radius 1 is 1.42 bits per heavy atom. The smallest absolute Gasteiger partial charge is 0.322 e. The molecule has 1 aliphatic rings. The Hall–Kier alpha value is -1.44. The van der Waals surface area contributed by atoms with Crippen molar-refractivity contribution in [1.29, 1.82) is 0 Å². The summed E-state index contributed by atoms with van der Waals surface area (Å²) in [5.41, 5.74) is 0.771. The Morgan fingerprint density at radius 3 is 2.68 bits per heavy atom. The maximum Gasteiger partial charge on any atom is 0.322 e. The number of carbonyl (C=O) groups is 1. The molecule has 1 aliphatic heterocycles. The maximum atomic E-state index is 12.4. The van der Waals surface area contributed by atoms with Gasteiger partial charge in [0.05, 0.1) is 11.0 Å². The highest BCUT2D eigenvalue weighted by atomic mass is 32.2. The summed E-state index contributed by atoms with van der Waals surface area (Å²) in [4.78, 5) is 11.1. The van der Waals surface area contributed by atoms with Crippen molar-refractivity contribution in [2.45, 2.75) is 30.4 Å². The van der Waals surface area contributed by atoms with Crippen LogP contribution in [0.5, 0.6) is 0 Å². The molecule has 2 N–H and O–H groups in total. The van der Waals surface area contributed by atoms with Gasteiger partial charge in [-0.1, -0.05) is 12.1 Å². The molecule has 7 heteroatoms. The predicted molar refractivity (Wildman–Crippen MR) is 67.1 cm³/mol. The van der Waals surface area contributed by atoms with E-state index in [1.807, 2.05) is 0 Å². The van der Waals surface area contributed by atoms with E-state index in [1.165, 1.54) is 12.1 Å². The third-order valence-electron chi connectivity index (χ3n) is 3.11. The first kappa shape index (κ1) is 14.0. The number of aliphatic hydroxyl groups excluding tert-OH is 1. The van der Waals surface area contributed by atoms with Crippen LogP contribution in [0.15, 0.2) is 29.2 Å². The van der Waals surface area contributed by atoms with E-state index < -0.39 is 28.1 Å². The molecule has 1 aromatic rings. The highest BCUT2D eigenvalue weighted by Crippen LogP contribution is 2.26. The lowest BCUT2D eigenvalue weighted by Gasteiger charge is -2.20. The van der Waals surface area contributed by atoms with Gasteiger partial charge in [-0.05, 0) is 24.6 Å². The van der Waals surface area contributed by atoms with Crippen molar-refractivity contribution >= 4 is 16.0 Å². The molecule has 104 valence electrons. The van der Waals surface area contributed by atoms with Crippen LogP contribution in [-0.2, 0) is 14.8 Å². The number of carboxylic acids is 1. The lowest BCUT2D eigenvalue weighted by molar-refractivity contribution is -0.140. The SMILES string of the molecule is Cc1cccc(S(=O)(=O)N2C[C@H](O)C[C@@H]2C(=O)O)c1. The van der Waals surface area contributed by atoms with Crippen LogP contribution in [0, 0.1) is 6.92 Å². The van der Waals surface area contributed by atoms with Gasteiger partial charge in [0, 0.05) is 13.0 Å². The van der Waals surface area contributed by atoms with E-state index in [0.717, 1.165) is 9.87 Å². The third kappa shape index (κ3) is 2.63. The molecule has 0 amide bonds. The molecule has 2 rings (SSSR count). The fourth-order valence-electron chi connectivity index (χ4n) is 2.19. The summed E-state index contributed by atoms with van der Waals surface area (Å²) >= 11 is 0. The Balaban J connectivity index is 2.41. The first-order valence-electron chi connectivity index (χ1n) is 5.82. The van der Waals surface area contributed by atoms with Gasteiger partial charge in [0.15, 0.2) is 0 Å². The normalized spacial score (nSPS) is 24.5. The molecule has 1 aromatic carbocycles. The highest BCUT2D eigenvalue weighted by Gasteiger charge is 2.43. The lowest BCUT2D eigenvalue weighted by Crippen LogP contribution is -2.40. The molecular formula is C12H15NO5S. The van der Waals surface area contributed by atoms with Crippen molar-refractivity contribution in [1.82, 2.24) is 4.31 Å². The minimum absolute atomic E-state index is 0.0489. The minimum Gasteiger partial charge on any atom is -0.480 e. The largest absolute Gasteiger partial charge is 0.480 e. The maximum absolute atomic E-state index is 12.4. The number of hydrogen-bond donors (Lipinski definition) is 2. The van der Waals surface area contributed by atoms with E-state index in [2.05, 4.69) is 0 Å². The van der Waals surface area contributed by atoms with Crippen molar-refractivity contribution < 1.29 is 23.4 Å². The summed E-state index contributed by atoms with van der Waals surface area (Å²) in [6, 6.07) is 5.06.